The Bertz CT molecular complexity index is 1270. The Labute approximate surface area is 194 Å². The predicted octanol–water partition coefficient (Wildman–Crippen LogP) is 4.40. The van der Waals surface area contributed by atoms with Crippen LogP contribution in [0.2, 0.25) is 0 Å². The minimum atomic E-state index is -3.33. The van der Waals surface area contributed by atoms with Crippen LogP contribution in [0.4, 0.5) is 32.0 Å². The number of aryl methyl sites for hydroxylation is 1. The average Bonchev–Trinajstić information content (AvgIpc) is 3.08. The van der Waals surface area contributed by atoms with Crippen molar-refractivity contribution in [1.29, 1.82) is 0 Å². The molecule has 1 N–H and O–H groups in total. The van der Waals surface area contributed by atoms with Crippen LogP contribution in [0, 0.1) is 24.4 Å². The third-order valence-corrected chi connectivity index (χ3v) is 4.93. The Morgan fingerprint density at radius 1 is 1.14 bits per heavy atom. The largest absolute Gasteiger partial charge is 0.481 e. The quantitative estimate of drug-likeness (QED) is 0.440. The van der Waals surface area contributed by atoms with Crippen LogP contribution in [0.25, 0.3) is 5.69 Å². The van der Waals surface area contributed by atoms with Gasteiger partial charge in [-0.25, -0.2) is 31.1 Å². The zero-order chi connectivity index (χ0) is 25.9. The summed E-state index contributed by atoms with van der Waals surface area (Å²) < 4.78 is 89.2. The number of anilines is 1. The number of hydrogen-bond acceptors (Lipinski definition) is 4. The third kappa shape index (κ3) is 5.33. The highest BCUT2D eigenvalue weighted by Crippen LogP contribution is 2.29. The molecule has 1 atom stereocenters. The maximum atomic E-state index is 15.0. The van der Waals surface area contributed by atoms with E-state index in [9.17, 15) is 31.5 Å². The lowest BCUT2D eigenvalue weighted by atomic mass is 10.1. The molecule has 0 aliphatic rings. The number of carbonyl (C=O) groups is 1. The number of carbonyl (C=O) groups excluding carboxylic acids is 1. The number of hydrogen-bond donors (Lipinski definition) is 1. The zero-order valence-electron chi connectivity index (χ0n) is 18.5. The molecular formula is C22H20F6N4O3. The summed E-state index contributed by atoms with van der Waals surface area (Å²) in [6.45, 7) is 1.88. The molecule has 0 bridgehead atoms. The van der Waals surface area contributed by atoms with E-state index in [-0.39, 0.29) is 12.4 Å². The van der Waals surface area contributed by atoms with E-state index in [1.807, 2.05) is 5.32 Å². The number of nitrogens with one attached hydrogen (secondary N) is 1. The Hall–Kier alpha value is -3.77. The molecule has 35 heavy (non-hydrogen) atoms. The number of aromatic nitrogens is 3. The first-order valence-corrected chi connectivity index (χ1v) is 10.4. The van der Waals surface area contributed by atoms with Gasteiger partial charge in [-0.3, -0.25) is 9.36 Å². The van der Waals surface area contributed by atoms with Gasteiger partial charge in [-0.05, 0) is 31.5 Å². The van der Waals surface area contributed by atoms with Crippen LogP contribution in [0.15, 0.2) is 35.1 Å². The molecule has 1 heterocycles. The van der Waals surface area contributed by atoms with E-state index >= 15 is 4.39 Å². The molecule has 7 nitrogen and oxygen atoms in total. The summed E-state index contributed by atoms with van der Waals surface area (Å²) in [7, 11) is 0. The van der Waals surface area contributed by atoms with Gasteiger partial charge in [-0.2, -0.15) is 9.78 Å². The molecule has 0 fully saturated rings. The monoisotopic (exact) mass is 502 g/mol. The van der Waals surface area contributed by atoms with Crippen molar-refractivity contribution in [3.63, 3.8) is 0 Å². The molecule has 0 aliphatic heterocycles. The van der Waals surface area contributed by atoms with Crippen LogP contribution in [0.5, 0.6) is 5.75 Å². The van der Waals surface area contributed by atoms with E-state index in [2.05, 4.69) is 5.10 Å². The van der Waals surface area contributed by atoms with Gasteiger partial charge in [0.15, 0.2) is 6.10 Å². The molecule has 0 unspecified atom stereocenters. The minimum Gasteiger partial charge on any atom is -0.481 e. The second-order valence-corrected chi connectivity index (χ2v) is 7.39. The normalized spacial score (nSPS) is 12.1. The summed E-state index contributed by atoms with van der Waals surface area (Å²) in [6, 6.07) is 3.96. The van der Waals surface area contributed by atoms with Gasteiger partial charge in [0.25, 0.3) is 12.3 Å². The lowest BCUT2D eigenvalue weighted by molar-refractivity contribution is -0.00158. The van der Waals surface area contributed by atoms with E-state index in [0.29, 0.717) is 17.2 Å². The first-order valence-electron chi connectivity index (χ1n) is 10.4. The van der Waals surface area contributed by atoms with E-state index in [1.165, 1.54) is 11.5 Å². The third-order valence-electron chi connectivity index (χ3n) is 4.93. The number of para-hydroxylation sites is 1. The zero-order valence-corrected chi connectivity index (χ0v) is 18.5. The summed E-state index contributed by atoms with van der Waals surface area (Å²) in [6.07, 6.45) is -5.12. The summed E-state index contributed by atoms with van der Waals surface area (Å²) in [5.41, 5.74) is -2.97. The van der Waals surface area contributed by atoms with Crippen LogP contribution in [0.1, 0.15) is 29.5 Å². The molecule has 3 aromatic rings. The van der Waals surface area contributed by atoms with Crippen molar-refractivity contribution >= 4 is 11.6 Å². The van der Waals surface area contributed by atoms with E-state index in [1.54, 1.807) is 6.92 Å². The van der Waals surface area contributed by atoms with Crippen molar-refractivity contribution in [3.8, 4) is 11.4 Å². The predicted molar refractivity (Wildman–Crippen MR) is 114 cm³/mol. The standard InChI is InChI=1S/C22H20F6N4O3/c1-3-7-31-11(2)30-32(22(31)34)16-9-17(35-18(10-23)20(27)28)12(8-15(16)26)21(33)29-19-13(24)5-4-6-14(19)25/h4-6,8-9,18,20H,3,7,10H2,1-2H3,(H,29,33)/t18-/m0/s1. The highest BCUT2D eigenvalue weighted by molar-refractivity contribution is 6.06. The summed E-state index contributed by atoms with van der Waals surface area (Å²) in [5, 5.41) is 5.83. The van der Waals surface area contributed by atoms with Crippen molar-refractivity contribution < 1.29 is 35.9 Å². The van der Waals surface area contributed by atoms with Crippen molar-refractivity contribution in [2.24, 2.45) is 0 Å². The Balaban J connectivity index is 2.14. The minimum absolute atomic E-state index is 0.227. The van der Waals surface area contributed by atoms with Crippen LogP contribution < -0.4 is 15.7 Å². The molecule has 0 saturated heterocycles. The van der Waals surface area contributed by atoms with E-state index < -0.39 is 70.9 Å². The van der Waals surface area contributed by atoms with E-state index in [4.69, 9.17) is 4.74 Å². The fourth-order valence-corrected chi connectivity index (χ4v) is 3.22. The molecule has 0 aliphatic carbocycles. The van der Waals surface area contributed by atoms with Gasteiger partial charge in [0.05, 0.1) is 5.56 Å². The molecule has 0 saturated carbocycles. The van der Waals surface area contributed by atoms with Crippen molar-refractivity contribution in [2.75, 3.05) is 12.0 Å². The molecule has 1 amide bonds. The fourth-order valence-electron chi connectivity index (χ4n) is 3.22. The Kier molecular flexibility index (Phi) is 7.87. The highest BCUT2D eigenvalue weighted by Gasteiger charge is 2.28. The van der Waals surface area contributed by atoms with Gasteiger partial charge in [0.2, 0.25) is 0 Å². The molecule has 0 radical (unpaired) electrons. The molecular weight excluding hydrogens is 482 g/mol. The van der Waals surface area contributed by atoms with Crippen molar-refractivity contribution in [3.05, 3.63) is 69.7 Å². The SMILES string of the molecule is CCCn1c(C)nn(-c2cc(O[C@@H](CF)C(F)F)c(C(=O)Nc3c(F)cccc3F)cc2F)c1=O. The van der Waals surface area contributed by atoms with Crippen molar-refractivity contribution in [1.82, 2.24) is 14.3 Å². The molecule has 0 spiro atoms. The topological polar surface area (TPSA) is 78.2 Å². The molecule has 3 rings (SSSR count). The smallest absolute Gasteiger partial charge is 0.350 e. The Morgan fingerprint density at radius 3 is 2.37 bits per heavy atom. The number of nitrogens with zero attached hydrogens (tertiary/aromatic N) is 3. The van der Waals surface area contributed by atoms with E-state index in [0.717, 1.165) is 24.3 Å². The van der Waals surface area contributed by atoms with Crippen molar-refractivity contribution in [2.45, 2.75) is 39.3 Å². The van der Waals surface area contributed by atoms with Gasteiger partial charge in [-0.15, -0.1) is 0 Å². The number of benzene rings is 2. The second-order valence-electron chi connectivity index (χ2n) is 7.39. The summed E-state index contributed by atoms with van der Waals surface area (Å²) in [4.78, 5) is 25.4. The van der Waals surface area contributed by atoms with Gasteiger partial charge in [0, 0.05) is 12.6 Å². The fraction of sp³-hybridized carbons (Fsp3) is 0.318. The Morgan fingerprint density at radius 2 is 1.80 bits per heavy atom. The first-order chi connectivity index (χ1) is 16.6. The summed E-state index contributed by atoms with van der Waals surface area (Å²) in [5.74, 6) is -5.38. The van der Waals surface area contributed by atoms with Gasteiger partial charge in [-0.1, -0.05) is 13.0 Å². The number of alkyl halides is 3. The molecule has 1 aromatic heterocycles. The number of halogens is 6. The number of ether oxygens (including phenoxy) is 1. The maximum Gasteiger partial charge on any atom is 0.350 e. The first kappa shape index (κ1) is 25.8. The van der Waals surface area contributed by atoms with Crippen LogP contribution in [-0.4, -0.2) is 39.5 Å². The lowest BCUT2D eigenvalue weighted by Crippen LogP contribution is -2.29. The van der Waals surface area contributed by atoms with Gasteiger partial charge < -0.3 is 10.1 Å². The van der Waals surface area contributed by atoms with Crippen LogP contribution in [-0.2, 0) is 6.54 Å². The second kappa shape index (κ2) is 10.7. The lowest BCUT2D eigenvalue weighted by Gasteiger charge is -2.19. The number of rotatable bonds is 9. The van der Waals surface area contributed by atoms with Crippen LogP contribution >= 0.6 is 0 Å². The summed E-state index contributed by atoms with van der Waals surface area (Å²) >= 11 is 0. The van der Waals surface area contributed by atoms with Gasteiger partial charge >= 0.3 is 5.69 Å². The number of amides is 1. The van der Waals surface area contributed by atoms with Gasteiger partial charge in [0.1, 0.15) is 47.1 Å². The molecule has 2 aromatic carbocycles. The average molecular weight is 502 g/mol. The van der Waals surface area contributed by atoms with Crippen LogP contribution in [0.3, 0.4) is 0 Å². The molecule has 188 valence electrons. The maximum absolute atomic E-state index is 15.0. The molecule has 13 heteroatoms. The highest BCUT2D eigenvalue weighted by atomic mass is 19.3.